The molecular weight excluding hydrogens is 562 g/mol. The molecule has 202 valence electrons. The summed E-state index contributed by atoms with van der Waals surface area (Å²) in [6.07, 6.45) is -2.90. The lowest BCUT2D eigenvalue weighted by molar-refractivity contribution is -0.137. The fourth-order valence-electron chi connectivity index (χ4n) is 3.46. The van der Waals surface area contributed by atoms with Crippen LogP contribution >= 0.6 is 35.0 Å². The van der Waals surface area contributed by atoms with Gasteiger partial charge in [0.05, 0.1) is 27.9 Å². The van der Waals surface area contributed by atoms with Crippen LogP contribution in [0.4, 0.5) is 18.9 Å². The summed E-state index contributed by atoms with van der Waals surface area (Å²) in [7, 11) is 0. The minimum absolute atomic E-state index is 0.0297. The summed E-state index contributed by atoms with van der Waals surface area (Å²) in [5.41, 5.74) is -0.584. The highest BCUT2D eigenvalue weighted by molar-refractivity contribution is 7.99. The predicted octanol–water partition coefficient (Wildman–Crippen LogP) is 6.65. The third-order valence-corrected chi connectivity index (χ3v) is 6.78. The van der Waals surface area contributed by atoms with Crippen molar-refractivity contribution in [2.45, 2.75) is 37.8 Å². The van der Waals surface area contributed by atoms with Crippen LogP contribution in [0.1, 0.15) is 41.6 Å². The summed E-state index contributed by atoms with van der Waals surface area (Å²) in [6.45, 7) is 7.85. The molecule has 0 bridgehead atoms. The molecule has 0 saturated carbocycles. The molecule has 2 aromatic carbocycles. The van der Waals surface area contributed by atoms with Crippen LogP contribution in [-0.2, 0) is 17.5 Å². The highest BCUT2D eigenvalue weighted by Crippen LogP contribution is 2.31. The number of hydrogen-bond donors (Lipinski definition) is 2. The minimum Gasteiger partial charge on any atom is -0.342 e. The zero-order valence-electron chi connectivity index (χ0n) is 20.4. The first kappa shape index (κ1) is 29.5. The van der Waals surface area contributed by atoms with Crippen LogP contribution in [0.25, 0.3) is 0 Å². The lowest BCUT2D eigenvalue weighted by atomic mass is 10.0. The molecule has 0 aliphatic heterocycles. The molecule has 2 amide bonds. The molecule has 0 spiro atoms. The van der Waals surface area contributed by atoms with Crippen LogP contribution in [0.3, 0.4) is 0 Å². The Kier molecular flexibility index (Phi) is 9.86. The number of carbonyl (C=O) groups excluding carboxylic acids is 2. The third kappa shape index (κ3) is 7.52. The standard InChI is InChI=1S/C25H24Cl2F3N5O2S/c1-4-10-35-22(21(14(2)3)32-23(37)18-9-8-16(26)12-19(18)27)33-34-24(35)38-13-20(36)31-17-7-5-6-15(11-17)25(28,29)30/h4-9,11-12,14,21H,1,10,13H2,2-3H3,(H,31,36)(H,32,37)/t21-/m0/s1. The number of aromatic nitrogens is 3. The molecule has 2 N–H and O–H groups in total. The van der Waals surface area contributed by atoms with Crippen LogP contribution < -0.4 is 10.6 Å². The number of hydrogen-bond acceptors (Lipinski definition) is 5. The maximum atomic E-state index is 13.0. The van der Waals surface area contributed by atoms with Crippen molar-refractivity contribution in [1.82, 2.24) is 20.1 Å². The summed E-state index contributed by atoms with van der Waals surface area (Å²) >= 11 is 13.2. The molecule has 1 atom stereocenters. The van der Waals surface area contributed by atoms with Gasteiger partial charge in [0.2, 0.25) is 5.91 Å². The van der Waals surface area contributed by atoms with E-state index >= 15 is 0 Å². The maximum Gasteiger partial charge on any atom is 0.416 e. The van der Waals surface area contributed by atoms with Gasteiger partial charge in [0.25, 0.3) is 5.91 Å². The molecule has 38 heavy (non-hydrogen) atoms. The molecule has 1 heterocycles. The van der Waals surface area contributed by atoms with Gasteiger partial charge in [-0.25, -0.2) is 0 Å². The summed E-state index contributed by atoms with van der Waals surface area (Å²) < 4.78 is 40.6. The van der Waals surface area contributed by atoms with Gasteiger partial charge in [0, 0.05) is 17.3 Å². The molecule has 0 aliphatic carbocycles. The van der Waals surface area contributed by atoms with E-state index < -0.39 is 29.6 Å². The third-order valence-electron chi connectivity index (χ3n) is 5.27. The number of halogens is 5. The van der Waals surface area contributed by atoms with Crippen molar-refractivity contribution in [2.24, 2.45) is 5.92 Å². The highest BCUT2D eigenvalue weighted by atomic mass is 35.5. The summed E-state index contributed by atoms with van der Waals surface area (Å²) in [4.78, 5) is 25.4. The Balaban J connectivity index is 1.76. The molecule has 1 aromatic heterocycles. The van der Waals surface area contributed by atoms with Crippen LogP contribution in [0.5, 0.6) is 0 Å². The van der Waals surface area contributed by atoms with Gasteiger partial charge >= 0.3 is 6.18 Å². The van der Waals surface area contributed by atoms with E-state index in [2.05, 4.69) is 27.4 Å². The molecule has 0 unspecified atom stereocenters. The van der Waals surface area contributed by atoms with Crippen LogP contribution in [0.2, 0.25) is 10.0 Å². The zero-order valence-corrected chi connectivity index (χ0v) is 22.7. The van der Waals surface area contributed by atoms with Crippen molar-refractivity contribution in [3.05, 3.63) is 82.1 Å². The van der Waals surface area contributed by atoms with Crippen molar-refractivity contribution in [1.29, 1.82) is 0 Å². The Morgan fingerprint density at radius 2 is 1.89 bits per heavy atom. The molecule has 0 saturated heterocycles. The van der Waals surface area contributed by atoms with Crippen molar-refractivity contribution >= 4 is 52.5 Å². The number of rotatable bonds is 10. The number of thioether (sulfide) groups is 1. The Morgan fingerprint density at radius 1 is 1.16 bits per heavy atom. The SMILES string of the molecule is C=CCn1c(SCC(=O)Nc2cccc(C(F)(F)F)c2)nnc1[C@@H](NC(=O)c1ccc(Cl)cc1Cl)C(C)C. The molecule has 7 nitrogen and oxygen atoms in total. The lowest BCUT2D eigenvalue weighted by Gasteiger charge is -2.23. The largest absolute Gasteiger partial charge is 0.416 e. The van der Waals surface area contributed by atoms with Gasteiger partial charge in [-0.3, -0.25) is 9.59 Å². The van der Waals surface area contributed by atoms with Crippen LogP contribution in [0.15, 0.2) is 60.3 Å². The number of benzene rings is 2. The molecule has 3 rings (SSSR count). The summed E-state index contributed by atoms with van der Waals surface area (Å²) in [6, 6.07) is 8.38. The van der Waals surface area contributed by atoms with E-state index in [1.165, 1.54) is 24.3 Å². The van der Waals surface area contributed by atoms with E-state index in [9.17, 15) is 22.8 Å². The van der Waals surface area contributed by atoms with Crippen molar-refractivity contribution in [2.75, 3.05) is 11.1 Å². The van der Waals surface area contributed by atoms with Gasteiger partial charge in [-0.05, 0) is 42.3 Å². The van der Waals surface area contributed by atoms with Gasteiger partial charge < -0.3 is 15.2 Å². The minimum atomic E-state index is -4.52. The molecular formula is C25H24Cl2F3N5O2S. The van der Waals surface area contributed by atoms with E-state index in [0.29, 0.717) is 22.5 Å². The first-order valence-corrected chi connectivity index (χ1v) is 13.0. The van der Waals surface area contributed by atoms with Crippen molar-refractivity contribution < 1.29 is 22.8 Å². The van der Waals surface area contributed by atoms with E-state index in [-0.39, 0.29) is 27.9 Å². The molecule has 13 heteroatoms. The number of nitrogens with zero attached hydrogens (tertiary/aromatic N) is 3. The average Bonchev–Trinajstić information content (AvgIpc) is 3.22. The Hall–Kier alpha value is -3.02. The second-order valence-corrected chi connectivity index (χ2v) is 10.3. The topological polar surface area (TPSA) is 88.9 Å². The van der Waals surface area contributed by atoms with E-state index in [0.717, 1.165) is 23.9 Å². The van der Waals surface area contributed by atoms with Gasteiger partial charge in [0.1, 0.15) is 0 Å². The maximum absolute atomic E-state index is 13.0. The first-order valence-electron chi connectivity index (χ1n) is 11.3. The normalized spacial score (nSPS) is 12.3. The van der Waals surface area contributed by atoms with Gasteiger partial charge in [-0.2, -0.15) is 13.2 Å². The smallest absolute Gasteiger partial charge is 0.342 e. The monoisotopic (exact) mass is 585 g/mol. The second-order valence-electron chi connectivity index (χ2n) is 8.47. The van der Waals surface area contributed by atoms with E-state index in [4.69, 9.17) is 23.2 Å². The number of nitrogens with one attached hydrogen (secondary N) is 2. The van der Waals surface area contributed by atoms with Gasteiger partial charge in [0.15, 0.2) is 11.0 Å². The Bertz CT molecular complexity index is 1330. The number of allylic oxidation sites excluding steroid dienone is 1. The predicted molar refractivity (Wildman–Crippen MR) is 143 cm³/mol. The highest BCUT2D eigenvalue weighted by Gasteiger charge is 2.31. The fourth-order valence-corrected chi connectivity index (χ4v) is 4.71. The lowest BCUT2D eigenvalue weighted by Crippen LogP contribution is -2.34. The van der Waals surface area contributed by atoms with E-state index in [1.807, 2.05) is 13.8 Å². The zero-order chi connectivity index (χ0) is 28.0. The van der Waals surface area contributed by atoms with E-state index in [1.54, 1.807) is 16.7 Å². The number of carbonyl (C=O) groups is 2. The Labute approximate surface area is 231 Å². The summed E-state index contributed by atoms with van der Waals surface area (Å²) in [5, 5.41) is 14.8. The van der Waals surface area contributed by atoms with Crippen molar-refractivity contribution in [3.8, 4) is 0 Å². The Morgan fingerprint density at radius 3 is 2.53 bits per heavy atom. The van der Waals surface area contributed by atoms with Crippen LogP contribution in [-0.4, -0.2) is 32.3 Å². The first-order chi connectivity index (χ1) is 17.9. The number of alkyl halides is 3. The number of anilines is 1. The van der Waals surface area contributed by atoms with Crippen LogP contribution in [0, 0.1) is 5.92 Å². The second kappa shape index (κ2) is 12.7. The number of amides is 2. The fraction of sp³-hybridized carbons (Fsp3) is 0.280. The average molecular weight is 586 g/mol. The van der Waals surface area contributed by atoms with Gasteiger partial charge in [-0.1, -0.05) is 61.0 Å². The van der Waals surface area contributed by atoms with Gasteiger partial charge in [-0.15, -0.1) is 16.8 Å². The summed E-state index contributed by atoms with van der Waals surface area (Å²) in [5.74, 6) is -0.729. The quantitative estimate of drug-likeness (QED) is 0.205. The molecule has 0 radical (unpaired) electrons. The van der Waals surface area contributed by atoms with Crippen molar-refractivity contribution in [3.63, 3.8) is 0 Å². The molecule has 3 aromatic rings. The molecule has 0 fully saturated rings. The molecule has 0 aliphatic rings.